The van der Waals surface area contributed by atoms with E-state index < -0.39 is 42.2 Å². The molecule has 1 saturated heterocycles. The maximum absolute atomic E-state index is 12.4. The number of hydrazine groups is 1. The Hall–Kier alpha value is -3.73. The highest BCUT2D eigenvalue weighted by Gasteiger charge is 2.36. The zero-order valence-electron chi connectivity index (χ0n) is 19.8. The molecular formula is C25H26BrN3O7. The van der Waals surface area contributed by atoms with Gasteiger partial charge in [0.2, 0.25) is 5.91 Å². The lowest BCUT2D eigenvalue weighted by atomic mass is 10.1. The molecule has 3 rings (SSSR count). The van der Waals surface area contributed by atoms with E-state index >= 15 is 0 Å². The summed E-state index contributed by atoms with van der Waals surface area (Å²) in [5, 5.41) is 3.64. The van der Waals surface area contributed by atoms with Gasteiger partial charge in [0.25, 0.3) is 11.8 Å². The van der Waals surface area contributed by atoms with Gasteiger partial charge in [0.05, 0.1) is 24.6 Å². The number of nitrogens with one attached hydrogen (secondary N) is 2. The molecule has 1 fully saturated rings. The molecule has 1 atom stereocenters. The summed E-state index contributed by atoms with van der Waals surface area (Å²) < 4.78 is 11.0. The van der Waals surface area contributed by atoms with Gasteiger partial charge in [-0.25, -0.2) is 4.79 Å². The Labute approximate surface area is 216 Å². The van der Waals surface area contributed by atoms with Crippen molar-refractivity contribution in [2.24, 2.45) is 11.8 Å². The second kappa shape index (κ2) is 12.3. The Balaban J connectivity index is 1.43. The van der Waals surface area contributed by atoms with Gasteiger partial charge in [-0.15, -0.1) is 0 Å². The molecule has 3 amide bonds. The van der Waals surface area contributed by atoms with E-state index in [1.807, 2.05) is 13.8 Å². The molecule has 2 aromatic carbocycles. The number of hydrogen-bond donors (Lipinski definition) is 2. The number of benzene rings is 2. The summed E-state index contributed by atoms with van der Waals surface area (Å²) in [6.07, 6.45) is -0.143. The Bertz CT molecular complexity index is 1130. The third-order valence-electron chi connectivity index (χ3n) is 5.10. The summed E-state index contributed by atoms with van der Waals surface area (Å²) in [5.74, 6) is -3.26. The Morgan fingerprint density at radius 1 is 1.00 bits per heavy atom. The number of anilines is 1. The van der Waals surface area contributed by atoms with Crippen LogP contribution < -0.4 is 10.7 Å². The molecule has 2 aromatic rings. The second-order valence-electron chi connectivity index (χ2n) is 8.58. The quantitative estimate of drug-likeness (QED) is 0.451. The lowest BCUT2D eigenvalue weighted by Crippen LogP contribution is -2.43. The number of nitrogens with zero attached hydrogens (tertiary/aromatic N) is 1. The normalized spacial score (nSPS) is 14.9. The van der Waals surface area contributed by atoms with Crippen molar-refractivity contribution in [1.29, 1.82) is 0 Å². The van der Waals surface area contributed by atoms with Crippen LogP contribution in [0.5, 0.6) is 0 Å². The van der Waals surface area contributed by atoms with Crippen molar-refractivity contribution in [1.82, 2.24) is 10.4 Å². The fraction of sp³-hybridized carbons (Fsp3) is 0.320. The fourth-order valence-corrected chi connectivity index (χ4v) is 3.49. The number of carbonyl (C=O) groups is 5. The van der Waals surface area contributed by atoms with Crippen molar-refractivity contribution in [3.63, 3.8) is 0 Å². The van der Waals surface area contributed by atoms with Crippen molar-refractivity contribution in [2.45, 2.75) is 20.3 Å². The molecule has 0 aliphatic carbocycles. The average molecular weight is 560 g/mol. The van der Waals surface area contributed by atoms with Crippen LogP contribution >= 0.6 is 15.9 Å². The van der Waals surface area contributed by atoms with Gasteiger partial charge in [0.15, 0.2) is 6.61 Å². The molecule has 0 saturated carbocycles. The van der Waals surface area contributed by atoms with Crippen LogP contribution in [0.25, 0.3) is 0 Å². The third-order valence-corrected chi connectivity index (χ3v) is 5.63. The zero-order valence-corrected chi connectivity index (χ0v) is 21.4. The van der Waals surface area contributed by atoms with Crippen LogP contribution in [0, 0.1) is 11.8 Å². The second-order valence-corrected chi connectivity index (χ2v) is 9.49. The van der Waals surface area contributed by atoms with Crippen LogP contribution in [0.15, 0.2) is 53.0 Å². The number of ether oxygens (including phenoxy) is 2. The molecule has 10 nitrogen and oxygen atoms in total. The van der Waals surface area contributed by atoms with Gasteiger partial charge in [-0.1, -0.05) is 29.8 Å². The molecule has 1 heterocycles. The van der Waals surface area contributed by atoms with Gasteiger partial charge in [-0.3, -0.25) is 29.6 Å². The SMILES string of the molecule is CC(C)COC(=O)c1ccc(NC(=O)COC(=O)[C@@H]2CC(=O)N(NC(=O)c3ccc(Br)cc3)C2)cc1. The van der Waals surface area contributed by atoms with Crippen molar-refractivity contribution in [2.75, 3.05) is 25.1 Å². The molecular weight excluding hydrogens is 534 g/mol. The topological polar surface area (TPSA) is 131 Å². The van der Waals surface area contributed by atoms with Crippen LogP contribution in [-0.2, 0) is 23.9 Å². The van der Waals surface area contributed by atoms with Crippen LogP contribution in [0.2, 0.25) is 0 Å². The largest absolute Gasteiger partial charge is 0.462 e. The highest BCUT2D eigenvalue weighted by atomic mass is 79.9. The molecule has 1 aliphatic heterocycles. The van der Waals surface area contributed by atoms with Gasteiger partial charge in [0.1, 0.15) is 0 Å². The van der Waals surface area contributed by atoms with Crippen LogP contribution in [0.1, 0.15) is 41.0 Å². The first-order valence-corrected chi connectivity index (χ1v) is 12.0. The first kappa shape index (κ1) is 26.9. The molecule has 36 heavy (non-hydrogen) atoms. The van der Waals surface area contributed by atoms with Gasteiger partial charge in [0, 0.05) is 22.1 Å². The van der Waals surface area contributed by atoms with E-state index in [9.17, 15) is 24.0 Å². The fourth-order valence-electron chi connectivity index (χ4n) is 3.23. The number of carbonyl (C=O) groups excluding carboxylic acids is 5. The van der Waals surface area contributed by atoms with Crippen LogP contribution in [0.4, 0.5) is 5.69 Å². The summed E-state index contributed by atoms with van der Waals surface area (Å²) in [4.78, 5) is 61.0. The predicted octanol–water partition coefficient (Wildman–Crippen LogP) is 2.94. The minimum absolute atomic E-state index is 0.0596. The monoisotopic (exact) mass is 559 g/mol. The molecule has 0 aromatic heterocycles. The highest BCUT2D eigenvalue weighted by Crippen LogP contribution is 2.19. The number of hydrogen-bond acceptors (Lipinski definition) is 7. The average Bonchev–Trinajstić information content (AvgIpc) is 3.21. The molecule has 11 heteroatoms. The maximum Gasteiger partial charge on any atom is 0.338 e. The Morgan fingerprint density at radius 3 is 2.28 bits per heavy atom. The van der Waals surface area contributed by atoms with E-state index in [0.717, 1.165) is 9.48 Å². The van der Waals surface area contributed by atoms with Gasteiger partial charge in [-0.2, -0.15) is 0 Å². The third kappa shape index (κ3) is 7.64. The number of rotatable bonds is 9. The van der Waals surface area contributed by atoms with Crippen molar-refractivity contribution >= 4 is 51.3 Å². The molecule has 0 spiro atoms. The molecule has 2 N–H and O–H groups in total. The van der Waals surface area contributed by atoms with E-state index in [0.29, 0.717) is 23.4 Å². The Kier molecular flexibility index (Phi) is 9.18. The van der Waals surface area contributed by atoms with Crippen molar-refractivity contribution in [3.05, 3.63) is 64.1 Å². The zero-order chi connectivity index (χ0) is 26.2. The van der Waals surface area contributed by atoms with Crippen molar-refractivity contribution < 1.29 is 33.4 Å². The van der Waals surface area contributed by atoms with Crippen molar-refractivity contribution in [3.8, 4) is 0 Å². The van der Waals surface area contributed by atoms with E-state index in [1.165, 1.54) is 24.3 Å². The number of amides is 3. The standard InChI is InChI=1S/C25H26BrN3O7/c1-15(2)13-35-24(33)17-5-9-20(10-6-17)27-21(30)14-36-25(34)18-11-22(31)29(12-18)28-23(32)16-3-7-19(26)8-4-16/h3-10,15,18H,11-14H2,1-2H3,(H,27,30)(H,28,32)/t18-/m1/s1. The lowest BCUT2D eigenvalue weighted by molar-refractivity contribution is -0.151. The maximum atomic E-state index is 12.4. The lowest BCUT2D eigenvalue weighted by Gasteiger charge is -2.17. The predicted molar refractivity (Wildman–Crippen MR) is 133 cm³/mol. The van der Waals surface area contributed by atoms with Crippen LogP contribution in [-0.4, -0.2) is 54.4 Å². The molecule has 0 bridgehead atoms. The van der Waals surface area contributed by atoms with E-state index in [4.69, 9.17) is 9.47 Å². The summed E-state index contributed by atoms with van der Waals surface area (Å²) in [6, 6.07) is 12.7. The minimum atomic E-state index is -0.813. The highest BCUT2D eigenvalue weighted by molar-refractivity contribution is 9.10. The van der Waals surface area contributed by atoms with E-state index in [1.54, 1.807) is 24.3 Å². The first-order valence-electron chi connectivity index (χ1n) is 11.2. The Morgan fingerprint density at radius 2 is 1.64 bits per heavy atom. The van der Waals surface area contributed by atoms with Gasteiger partial charge < -0.3 is 14.8 Å². The van der Waals surface area contributed by atoms with Crippen LogP contribution in [0.3, 0.4) is 0 Å². The molecule has 190 valence electrons. The number of esters is 2. The van der Waals surface area contributed by atoms with Gasteiger partial charge in [-0.05, 0) is 54.4 Å². The van der Waals surface area contributed by atoms with Gasteiger partial charge >= 0.3 is 11.9 Å². The molecule has 0 unspecified atom stereocenters. The first-order chi connectivity index (χ1) is 17.1. The number of halogens is 1. The minimum Gasteiger partial charge on any atom is -0.462 e. The summed E-state index contributed by atoms with van der Waals surface area (Å²) in [7, 11) is 0. The van der Waals surface area contributed by atoms with E-state index in [2.05, 4.69) is 26.7 Å². The molecule has 1 aliphatic rings. The van der Waals surface area contributed by atoms with E-state index in [-0.39, 0.29) is 18.9 Å². The summed E-state index contributed by atoms with van der Waals surface area (Å²) in [5.41, 5.74) is 3.60. The molecule has 0 radical (unpaired) electrons. The summed E-state index contributed by atoms with van der Waals surface area (Å²) >= 11 is 3.28. The summed E-state index contributed by atoms with van der Waals surface area (Å²) in [6.45, 7) is 3.57. The smallest absolute Gasteiger partial charge is 0.338 e.